The number of anilines is 1. The zero-order valence-corrected chi connectivity index (χ0v) is 17.4. The summed E-state index contributed by atoms with van der Waals surface area (Å²) < 4.78 is 53.2. The van der Waals surface area contributed by atoms with Gasteiger partial charge < -0.3 is 19.9 Å². The summed E-state index contributed by atoms with van der Waals surface area (Å²) in [4.78, 5) is 17.0. The Kier molecular flexibility index (Phi) is 6.67. The van der Waals surface area contributed by atoms with E-state index in [1.54, 1.807) is 18.2 Å². The first kappa shape index (κ1) is 22.8. The molecule has 9 nitrogen and oxygen atoms in total. The van der Waals surface area contributed by atoms with Crippen LogP contribution in [0.2, 0.25) is 0 Å². The number of rotatable bonds is 6. The minimum atomic E-state index is -1.58. The summed E-state index contributed by atoms with van der Waals surface area (Å²) in [5.41, 5.74) is 0.0750. The van der Waals surface area contributed by atoms with Gasteiger partial charge in [0.2, 0.25) is 0 Å². The monoisotopic (exact) mass is 463 g/mol. The highest BCUT2D eigenvalue weighted by molar-refractivity contribution is 5.94. The van der Waals surface area contributed by atoms with Gasteiger partial charge in [-0.1, -0.05) is 11.3 Å². The lowest BCUT2D eigenvalue weighted by Crippen LogP contribution is -2.53. The lowest BCUT2D eigenvalue weighted by Gasteiger charge is -2.39. The number of hydrogen-bond acceptors (Lipinski definition) is 7. The van der Waals surface area contributed by atoms with Crippen LogP contribution in [0.5, 0.6) is 0 Å². The number of hydrogen-bond donors (Lipinski definition) is 2. The van der Waals surface area contributed by atoms with Crippen molar-refractivity contribution in [1.29, 1.82) is 0 Å². The van der Waals surface area contributed by atoms with Crippen molar-refractivity contribution in [1.82, 2.24) is 20.0 Å². The van der Waals surface area contributed by atoms with Gasteiger partial charge in [0.05, 0.1) is 24.9 Å². The molecule has 3 heterocycles. The molecule has 2 N–H and O–H groups in total. The molecule has 174 valence electrons. The molecule has 4 rings (SSSR count). The molecular formula is C21H20F3N5O4. The topological polar surface area (TPSA) is 111 Å². The van der Waals surface area contributed by atoms with Crippen molar-refractivity contribution in [2.24, 2.45) is 0 Å². The molecule has 12 heteroatoms. The number of carbonyl (C=O) groups excluding carboxylic acids is 1. The summed E-state index contributed by atoms with van der Waals surface area (Å²) in [6.07, 6.45) is 0.458. The molecule has 1 fully saturated rings. The van der Waals surface area contributed by atoms with Crippen molar-refractivity contribution in [3.05, 3.63) is 60.2 Å². The molecule has 1 amide bonds. The molecule has 33 heavy (non-hydrogen) atoms. The highest BCUT2D eigenvalue weighted by Gasteiger charge is 2.44. The van der Waals surface area contributed by atoms with Crippen LogP contribution in [-0.4, -0.2) is 63.0 Å². The first-order valence-electron chi connectivity index (χ1n) is 9.99. The van der Waals surface area contributed by atoms with E-state index < -0.39 is 47.7 Å². The number of halogens is 3. The number of aliphatic hydroxyl groups is 1. The van der Waals surface area contributed by atoms with Gasteiger partial charge in [0.25, 0.3) is 5.91 Å². The zero-order chi connectivity index (χ0) is 23.5. The number of aliphatic hydroxyl groups excluding tert-OH is 1. The fourth-order valence-corrected chi connectivity index (χ4v) is 3.72. The van der Waals surface area contributed by atoms with Gasteiger partial charge in [0.15, 0.2) is 23.6 Å². The van der Waals surface area contributed by atoms with Crippen molar-refractivity contribution < 1.29 is 32.5 Å². The Morgan fingerprint density at radius 1 is 1.30 bits per heavy atom. The predicted molar refractivity (Wildman–Crippen MR) is 108 cm³/mol. The van der Waals surface area contributed by atoms with E-state index in [-0.39, 0.29) is 24.3 Å². The number of carbonyl (C=O) groups is 1. The van der Waals surface area contributed by atoms with E-state index >= 15 is 0 Å². The van der Waals surface area contributed by atoms with Crippen LogP contribution < -0.4 is 5.32 Å². The second-order valence-electron chi connectivity index (χ2n) is 7.41. The minimum absolute atomic E-state index is 0.0122. The number of nitrogens with one attached hydrogen (secondary N) is 1. The normalized spacial score (nSPS) is 22.8. The Morgan fingerprint density at radius 3 is 2.70 bits per heavy atom. The molecule has 2 aromatic heterocycles. The first-order valence-corrected chi connectivity index (χ1v) is 9.99. The number of pyridine rings is 1. The molecule has 1 aromatic carbocycles. The van der Waals surface area contributed by atoms with Gasteiger partial charge in [-0.2, -0.15) is 0 Å². The second kappa shape index (κ2) is 9.65. The van der Waals surface area contributed by atoms with Gasteiger partial charge >= 0.3 is 0 Å². The van der Waals surface area contributed by atoms with Gasteiger partial charge in [0, 0.05) is 25.3 Å². The first-order chi connectivity index (χ1) is 15.9. The molecule has 0 saturated carbocycles. The Labute approximate surface area is 186 Å². The van der Waals surface area contributed by atoms with Gasteiger partial charge in [-0.3, -0.25) is 4.79 Å². The average Bonchev–Trinajstić information content (AvgIpc) is 3.32. The van der Waals surface area contributed by atoms with Crippen LogP contribution in [0.15, 0.2) is 42.7 Å². The third-order valence-corrected chi connectivity index (χ3v) is 5.30. The quantitative estimate of drug-likeness (QED) is 0.539. The minimum Gasteiger partial charge on any atom is -0.394 e. The zero-order valence-electron chi connectivity index (χ0n) is 17.4. The maximum Gasteiger partial charge on any atom is 0.257 e. The van der Waals surface area contributed by atoms with Gasteiger partial charge in [0.1, 0.15) is 17.6 Å². The largest absolute Gasteiger partial charge is 0.394 e. The molecule has 0 aliphatic carbocycles. The molecule has 4 unspecified atom stereocenters. The maximum atomic E-state index is 13.6. The predicted octanol–water partition coefficient (Wildman–Crippen LogP) is 2.10. The van der Waals surface area contributed by atoms with Crippen molar-refractivity contribution in [2.75, 3.05) is 19.0 Å². The third-order valence-electron chi connectivity index (χ3n) is 5.30. The summed E-state index contributed by atoms with van der Waals surface area (Å²) >= 11 is 0. The Hall–Kier alpha value is -3.35. The van der Waals surface area contributed by atoms with E-state index in [4.69, 9.17) is 9.47 Å². The SMILES string of the molecule is COC1C(C(=O)Nc2ccccn2)OC(CO)CC1n1cc(-c2cc(F)c(F)c(F)c2)nn1. The van der Waals surface area contributed by atoms with E-state index in [0.29, 0.717) is 5.82 Å². The fraction of sp³-hybridized carbons (Fsp3) is 0.333. The molecule has 0 bridgehead atoms. The molecule has 0 spiro atoms. The Morgan fingerprint density at radius 2 is 2.06 bits per heavy atom. The number of ether oxygens (including phenoxy) is 2. The maximum absolute atomic E-state index is 13.6. The second-order valence-corrected chi connectivity index (χ2v) is 7.41. The average molecular weight is 463 g/mol. The summed E-state index contributed by atoms with van der Waals surface area (Å²) in [5.74, 6) is -4.51. The molecule has 3 aromatic rings. The molecule has 1 aliphatic heterocycles. The van der Waals surface area contributed by atoms with Gasteiger partial charge in [-0.05, 0) is 24.3 Å². The fourth-order valence-electron chi connectivity index (χ4n) is 3.72. The van der Waals surface area contributed by atoms with Gasteiger partial charge in [-0.15, -0.1) is 5.10 Å². The highest BCUT2D eigenvalue weighted by Crippen LogP contribution is 2.33. The molecule has 1 saturated heterocycles. The van der Waals surface area contributed by atoms with Crippen LogP contribution in [-0.2, 0) is 14.3 Å². The van der Waals surface area contributed by atoms with Crippen molar-refractivity contribution in [3.8, 4) is 11.3 Å². The van der Waals surface area contributed by atoms with Crippen molar-refractivity contribution >= 4 is 11.7 Å². The number of nitrogens with zero attached hydrogens (tertiary/aromatic N) is 4. The third kappa shape index (κ3) is 4.72. The van der Waals surface area contributed by atoms with Crippen LogP contribution in [0.1, 0.15) is 12.5 Å². The Bertz CT molecular complexity index is 1110. The number of methoxy groups -OCH3 is 1. The summed E-state index contributed by atoms with van der Waals surface area (Å²) in [6.45, 7) is -0.365. The molecule has 0 radical (unpaired) electrons. The van der Waals surface area contributed by atoms with E-state index in [2.05, 4.69) is 20.6 Å². The smallest absolute Gasteiger partial charge is 0.257 e. The van der Waals surface area contributed by atoms with Gasteiger partial charge in [-0.25, -0.2) is 22.8 Å². The van der Waals surface area contributed by atoms with Crippen LogP contribution in [0, 0.1) is 17.5 Å². The number of aromatic nitrogens is 4. The van der Waals surface area contributed by atoms with Crippen molar-refractivity contribution in [2.45, 2.75) is 30.8 Å². The van der Waals surface area contributed by atoms with Crippen LogP contribution in [0.4, 0.5) is 19.0 Å². The lowest BCUT2D eigenvalue weighted by molar-refractivity contribution is -0.173. The van der Waals surface area contributed by atoms with Crippen molar-refractivity contribution in [3.63, 3.8) is 0 Å². The standard InChI is InChI=1S/C21H20F3N5O4/c1-32-19-16(29-9-15(27-28-29)11-6-13(22)18(24)14(23)7-11)8-12(10-30)33-20(19)21(31)26-17-4-2-3-5-25-17/h2-7,9,12,16,19-20,30H,8,10H2,1H3,(H,25,26,31). The summed E-state index contributed by atoms with van der Waals surface area (Å²) in [6, 6.07) is 6.01. The van der Waals surface area contributed by atoms with Crippen LogP contribution in [0.3, 0.4) is 0 Å². The van der Waals surface area contributed by atoms with E-state index in [1.165, 1.54) is 24.2 Å². The van der Waals surface area contributed by atoms with E-state index in [9.17, 15) is 23.1 Å². The molecule has 4 atom stereocenters. The number of amides is 1. The molecule has 1 aliphatic rings. The van der Waals surface area contributed by atoms with Crippen LogP contribution in [0.25, 0.3) is 11.3 Å². The summed E-state index contributed by atoms with van der Waals surface area (Å²) in [7, 11) is 1.39. The summed E-state index contributed by atoms with van der Waals surface area (Å²) in [5, 5.41) is 20.3. The number of benzene rings is 1. The highest BCUT2D eigenvalue weighted by atomic mass is 19.2. The van der Waals surface area contributed by atoms with Crippen LogP contribution >= 0.6 is 0 Å². The lowest BCUT2D eigenvalue weighted by atomic mass is 9.94. The van der Waals surface area contributed by atoms with E-state index in [1.807, 2.05) is 0 Å². The van der Waals surface area contributed by atoms with E-state index in [0.717, 1.165) is 12.1 Å². The molecular weight excluding hydrogens is 443 g/mol. The Balaban J connectivity index is 1.61.